The summed E-state index contributed by atoms with van der Waals surface area (Å²) in [6.07, 6.45) is 0. The van der Waals surface area contributed by atoms with Gasteiger partial charge in [-0.2, -0.15) is 0 Å². The Bertz CT molecular complexity index is 579. The molecule has 1 aromatic heterocycles. The summed E-state index contributed by atoms with van der Waals surface area (Å²) >= 11 is 0. The SMILES string of the molecule is Cc1ccc(OCc2ccc(C)c(C)c2)c(CO)n1. The summed E-state index contributed by atoms with van der Waals surface area (Å²) in [5.41, 5.74) is 5.11. The summed E-state index contributed by atoms with van der Waals surface area (Å²) in [4.78, 5) is 4.26. The maximum absolute atomic E-state index is 9.28. The first-order chi connectivity index (χ1) is 9.10. The summed E-state index contributed by atoms with van der Waals surface area (Å²) in [6, 6.07) is 10.0. The van der Waals surface area contributed by atoms with Crippen molar-refractivity contribution in [2.45, 2.75) is 34.0 Å². The van der Waals surface area contributed by atoms with Crippen molar-refractivity contribution >= 4 is 0 Å². The average Bonchev–Trinajstić information content (AvgIpc) is 2.41. The quantitative estimate of drug-likeness (QED) is 0.915. The summed E-state index contributed by atoms with van der Waals surface area (Å²) in [5, 5.41) is 9.28. The number of aromatic nitrogens is 1. The highest BCUT2D eigenvalue weighted by atomic mass is 16.5. The number of aliphatic hydroxyl groups excluding tert-OH is 1. The lowest BCUT2D eigenvalue weighted by Crippen LogP contribution is -2.02. The van der Waals surface area contributed by atoms with E-state index in [4.69, 9.17) is 4.74 Å². The lowest BCUT2D eigenvalue weighted by molar-refractivity contribution is 0.253. The molecule has 0 aliphatic rings. The Kier molecular flexibility index (Phi) is 4.17. The van der Waals surface area contributed by atoms with Gasteiger partial charge in [-0.3, -0.25) is 4.98 Å². The van der Waals surface area contributed by atoms with Crippen molar-refractivity contribution in [2.75, 3.05) is 0 Å². The number of aryl methyl sites for hydroxylation is 3. The van der Waals surface area contributed by atoms with Gasteiger partial charge in [-0.1, -0.05) is 18.2 Å². The highest BCUT2D eigenvalue weighted by Crippen LogP contribution is 2.19. The molecule has 0 saturated heterocycles. The Morgan fingerprint density at radius 1 is 1.05 bits per heavy atom. The van der Waals surface area contributed by atoms with Gasteiger partial charge in [-0.05, 0) is 49.6 Å². The first kappa shape index (κ1) is 13.6. The van der Waals surface area contributed by atoms with Crippen LogP contribution in [0.25, 0.3) is 0 Å². The van der Waals surface area contributed by atoms with Crippen molar-refractivity contribution in [1.29, 1.82) is 0 Å². The summed E-state index contributed by atoms with van der Waals surface area (Å²) in [7, 11) is 0. The fourth-order valence-corrected chi connectivity index (χ4v) is 1.90. The molecular weight excluding hydrogens is 238 g/mol. The van der Waals surface area contributed by atoms with Crippen LogP contribution in [0.5, 0.6) is 5.75 Å². The third-order valence-electron chi connectivity index (χ3n) is 3.19. The summed E-state index contributed by atoms with van der Waals surface area (Å²) < 4.78 is 5.74. The van der Waals surface area contributed by atoms with Gasteiger partial charge in [0.05, 0.1) is 6.61 Å². The summed E-state index contributed by atoms with van der Waals surface area (Å²) in [5.74, 6) is 0.645. The molecule has 19 heavy (non-hydrogen) atoms. The van der Waals surface area contributed by atoms with Crippen LogP contribution in [-0.2, 0) is 13.2 Å². The zero-order valence-corrected chi connectivity index (χ0v) is 11.6. The van der Waals surface area contributed by atoms with E-state index >= 15 is 0 Å². The zero-order chi connectivity index (χ0) is 13.8. The number of benzene rings is 1. The van der Waals surface area contributed by atoms with E-state index in [0.29, 0.717) is 18.1 Å². The van der Waals surface area contributed by atoms with E-state index in [2.05, 4.69) is 37.0 Å². The van der Waals surface area contributed by atoms with Crippen LogP contribution in [0, 0.1) is 20.8 Å². The van der Waals surface area contributed by atoms with Crippen LogP contribution in [0.15, 0.2) is 30.3 Å². The maximum Gasteiger partial charge on any atom is 0.143 e. The number of rotatable bonds is 4. The molecule has 0 aliphatic heterocycles. The van der Waals surface area contributed by atoms with Gasteiger partial charge in [0.1, 0.15) is 18.1 Å². The van der Waals surface area contributed by atoms with Gasteiger partial charge in [0.25, 0.3) is 0 Å². The van der Waals surface area contributed by atoms with E-state index in [9.17, 15) is 5.11 Å². The number of hydrogen-bond donors (Lipinski definition) is 1. The van der Waals surface area contributed by atoms with Crippen LogP contribution in [0.2, 0.25) is 0 Å². The minimum atomic E-state index is -0.107. The van der Waals surface area contributed by atoms with Crippen molar-refractivity contribution in [3.63, 3.8) is 0 Å². The van der Waals surface area contributed by atoms with Gasteiger partial charge < -0.3 is 9.84 Å². The molecule has 0 saturated carbocycles. The van der Waals surface area contributed by atoms with Crippen LogP contribution in [-0.4, -0.2) is 10.1 Å². The van der Waals surface area contributed by atoms with Crippen LogP contribution < -0.4 is 4.74 Å². The molecule has 1 N–H and O–H groups in total. The minimum Gasteiger partial charge on any atom is -0.487 e. The van der Waals surface area contributed by atoms with Crippen LogP contribution in [0.3, 0.4) is 0 Å². The van der Waals surface area contributed by atoms with Crippen molar-refractivity contribution in [1.82, 2.24) is 4.98 Å². The third kappa shape index (κ3) is 3.32. The van der Waals surface area contributed by atoms with Gasteiger partial charge in [0, 0.05) is 5.69 Å². The highest BCUT2D eigenvalue weighted by molar-refractivity contribution is 5.31. The van der Waals surface area contributed by atoms with Gasteiger partial charge in [0.15, 0.2) is 0 Å². The zero-order valence-electron chi connectivity index (χ0n) is 11.6. The standard InChI is InChI=1S/C16H19NO2/c1-11-4-6-14(8-12(11)2)10-19-16-7-5-13(3)17-15(16)9-18/h4-8,18H,9-10H2,1-3H3. The molecule has 1 heterocycles. The van der Waals surface area contributed by atoms with Crippen molar-refractivity contribution in [3.05, 3.63) is 58.4 Å². The lowest BCUT2D eigenvalue weighted by Gasteiger charge is -2.11. The molecular formula is C16H19NO2. The number of hydrogen-bond acceptors (Lipinski definition) is 3. The minimum absolute atomic E-state index is 0.107. The Balaban J connectivity index is 2.12. The van der Waals surface area contributed by atoms with Gasteiger partial charge in [0.2, 0.25) is 0 Å². The van der Waals surface area contributed by atoms with Gasteiger partial charge in [-0.15, -0.1) is 0 Å². The first-order valence-corrected chi connectivity index (χ1v) is 6.36. The smallest absolute Gasteiger partial charge is 0.143 e. The van der Waals surface area contributed by atoms with Crippen LogP contribution in [0.4, 0.5) is 0 Å². The van der Waals surface area contributed by atoms with E-state index < -0.39 is 0 Å². The lowest BCUT2D eigenvalue weighted by atomic mass is 10.1. The second kappa shape index (κ2) is 5.85. The molecule has 0 fully saturated rings. The molecule has 0 radical (unpaired) electrons. The molecule has 2 rings (SSSR count). The Morgan fingerprint density at radius 2 is 1.84 bits per heavy atom. The molecule has 3 heteroatoms. The normalized spacial score (nSPS) is 10.5. The first-order valence-electron chi connectivity index (χ1n) is 6.36. The number of nitrogens with zero attached hydrogens (tertiary/aromatic N) is 1. The van der Waals surface area contributed by atoms with Crippen LogP contribution in [0.1, 0.15) is 28.1 Å². The molecule has 2 aromatic rings. The maximum atomic E-state index is 9.28. The van der Waals surface area contributed by atoms with Gasteiger partial charge in [-0.25, -0.2) is 0 Å². The van der Waals surface area contributed by atoms with E-state index in [1.807, 2.05) is 19.1 Å². The predicted octanol–water partition coefficient (Wildman–Crippen LogP) is 3.08. The molecule has 0 unspecified atom stereocenters. The fourth-order valence-electron chi connectivity index (χ4n) is 1.90. The Labute approximate surface area is 113 Å². The monoisotopic (exact) mass is 257 g/mol. The fraction of sp³-hybridized carbons (Fsp3) is 0.312. The number of aliphatic hydroxyl groups is 1. The van der Waals surface area contributed by atoms with E-state index in [1.165, 1.54) is 11.1 Å². The largest absolute Gasteiger partial charge is 0.487 e. The second-order valence-electron chi connectivity index (χ2n) is 4.76. The van der Waals surface area contributed by atoms with Crippen molar-refractivity contribution in [2.24, 2.45) is 0 Å². The molecule has 100 valence electrons. The topological polar surface area (TPSA) is 42.4 Å². The molecule has 0 atom stereocenters. The molecule has 1 aromatic carbocycles. The van der Waals surface area contributed by atoms with E-state index in [-0.39, 0.29) is 6.61 Å². The average molecular weight is 257 g/mol. The molecule has 0 spiro atoms. The molecule has 3 nitrogen and oxygen atoms in total. The van der Waals surface area contributed by atoms with E-state index in [1.54, 1.807) is 0 Å². The molecule has 0 aliphatic carbocycles. The molecule has 0 amide bonds. The van der Waals surface area contributed by atoms with Crippen LogP contribution >= 0.6 is 0 Å². The highest BCUT2D eigenvalue weighted by Gasteiger charge is 2.05. The van der Waals surface area contributed by atoms with E-state index in [0.717, 1.165) is 11.3 Å². The third-order valence-corrected chi connectivity index (χ3v) is 3.19. The number of pyridine rings is 1. The second-order valence-corrected chi connectivity index (χ2v) is 4.76. The van der Waals surface area contributed by atoms with Gasteiger partial charge >= 0.3 is 0 Å². The van der Waals surface area contributed by atoms with Crippen molar-refractivity contribution < 1.29 is 9.84 Å². The summed E-state index contributed by atoms with van der Waals surface area (Å²) in [6.45, 7) is 6.45. The van der Waals surface area contributed by atoms with Crippen molar-refractivity contribution in [3.8, 4) is 5.75 Å². The molecule has 0 bridgehead atoms. The predicted molar refractivity (Wildman–Crippen MR) is 75.1 cm³/mol. The Hall–Kier alpha value is -1.87. The number of ether oxygens (including phenoxy) is 1. The Morgan fingerprint density at radius 3 is 2.53 bits per heavy atom.